The molecule has 1 amide bonds. The summed E-state index contributed by atoms with van der Waals surface area (Å²) < 4.78 is 13.0. The van der Waals surface area contributed by atoms with Gasteiger partial charge < -0.3 is 16.3 Å². The molecule has 0 atom stereocenters. The van der Waals surface area contributed by atoms with Gasteiger partial charge in [-0.3, -0.25) is 9.78 Å². The second-order valence-corrected chi connectivity index (χ2v) is 4.43. The van der Waals surface area contributed by atoms with Gasteiger partial charge in [-0.2, -0.15) is 0 Å². The van der Waals surface area contributed by atoms with E-state index in [1.54, 1.807) is 0 Å². The third-order valence-electron chi connectivity index (χ3n) is 2.59. The van der Waals surface area contributed by atoms with Crippen molar-refractivity contribution in [1.29, 1.82) is 0 Å². The minimum absolute atomic E-state index is 0.0419. The highest BCUT2D eigenvalue weighted by atomic mass is 35.5. The van der Waals surface area contributed by atoms with E-state index in [1.807, 2.05) is 0 Å². The van der Waals surface area contributed by atoms with E-state index >= 15 is 0 Å². The summed E-state index contributed by atoms with van der Waals surface area (Å²) in [6, 6.07) is 5.48. The number of aromatic nitrogens is 1. The third kappa shape index (κ3) is 3.46. The van der Waals surface area contributed by atoms with Gasteiger partial charge in [0.25, 0.3) is 5.91 Å². The molecule has 0 saturated carbocycles. The molecule has 1 aromatic heterocycles. The maximum absolute atomic E-state index is 13.0. The van der Waals surface area contributed by atoms with Crippen molar-refractivity contribution < 1.29 is 14.4 Å². The Morgan fingerprint density at radius 1 is 1.33 bits per heavy atom. The number of amides is 1. The van der Waals surface area contributed by atoms with Crippen molar-refractivity contribution >= 4 is 29.0 Å². The van der Waals surface area contributed by atoms with Crippen LogP contribution in [0.2, 0.25) is 5.02 Å². The Morgan fingerprint density at radius 2 is 2.10 bits per heavy atom. The number of nitrogens with zero attached hydrogens (tertiary/aromatic N) is 2. The molecule has 1 aromatic carbocycles. The molecule has 2 aromatic rings. The van der Waals surface area contributed by atoms with Crippen LogP contribution >= 0.6 is 11.6 Å². The van der Waals surface area contributed by atoms with Crippen molar-refractivity contribution in [2.75, 3.05) is 5.32 Å². The quantitative estimate of drug-likeness (QED) is 0.350. The van der Waals surface area contributed by atoms with Gasteiger partial charge >= 0.3 is 0 Å². The molecule has 0 aliphatic carbocycles. The molecule has 0 unspecified atom stereocenters. The molecular weight excluding hydrogens is 299 g/mol. The van der Waals surface area contributed by atoms with E-state index in [0.717, 1.165) is 12.3 Å². The average Bonchev–Trinajstić information content (AvgIpc) is 2.48. The summed E-state index contributed by atoms with van der Waals surface area (Å²) in [5.41, 5.74) is 6.12. The molecule has 0 spiro atoms. The third-order valence-corrected chi connectivity index (χ3v) is 2.91. The highest BCUT2D eigenvalue weighted by Crippen LogP contribution is 2.23. The molecule has 0 radical (unpaired) electrons. The number of hydrogen-bond donors (Lipinski definition) is 3. The molecule has 6 nitrogen and oxygen atoms in total. The first-order valence-corrected chi connectivity index (χ1v) is 6.08. The Balaban J connectivity index is 2.29. The van der Waals surface area contributed by atoms with E-state index < -0.39 is 11.7 Å². The average molecular weight is 309 g/mol. The number of pyridine rings is 1. The van der Waals surface area contributed by atoms with Gasteiger partial charge in [0.1, 0.15) is 5.82 Å². The molecule has 0 fully saturated rings. The first-order valence-electron chi connectivity index (χ1n) is 5.70. The minimum Gasteiger partial charge on any atom is -0.409 e. The van der Waals surface area contributed by atoms with Crippen LogP contribution in [0.4, 0.5) is 10.1 Å². The molecule has 0 bridgehead atoms. The molecule has 2 rings (SSSR count). The van der Waals surface area contributed by atoms with Gasteiger partial charge in [0, 0.05) is 11.8 Å². The Hall–Kier alpha value is -2.67. The second-order valence-electron chi connectivity index (χ2n) is 4.03. The minimum atomic E-state index is -0.626. The number of rotatable bonds is 3. The van der Waals surface area contributed by atoms with Crippen LogP contribution in [0.1, 0.15) is 15.9 Å². The van der Waals surface area contributed by atoms with Gasteiger partial charge in [-0.25, -0.2) is 4.39 Å². The fourth-order valence-corrected chi connectivity index (χ4v) is 1.73. The van der Waals surface area contributed by atoms with E-state index in [9.17, 15) is 9.18 Å². The van der Waals surface area contributed by atoms with E-state index in [0.29, 0.717) is 5.56 Å². The molecule has 8 heteroatoms. The molecular formula is C13H10ClFN4O2. The summed E-state index contributed by atoms with van der Waals surface area (Å²) >= 11 is 5.96. The van der Waals surface area contributed by atoms with Crippen LogP contribution in [0.15, 0.2) is 41.8 Å². The lowest BCUT2D eigenvalue weighted by molar-refractivity contribution is 0.102. The number of anilines is 1. The van der Waals surface area contributed by atoms with Crippen LogP contribution in [0.5, 0.6) is 0 Å². The van der Waals surface area contributed by atoms with E-state index in [2.05, 4.69) is 15.5 Å². The van der Waals surface area contributed by atoms with Crippen LogP contribution in [-0.4, -0.2) is 21.9 Å². The summed E-state index contributed by atoms with van der Waals surface area (Å²) in [7, 11) is 0. The lowest BCUT2D eigenvalue weighted by Gasteiger charge is -2.09. The monoisotopic (exact) mass is 308 g/mol. The highest BCUT2D eigenvalue weighted by molar-refractivity contribution is 6.34. The van der Waals surface area contributed by atoms with Gasteiger partial charge in [-0.05, 0) is 24.3 Å². The van der Waals surface area contributed by atoms with Gasteiger partial charge in [-0.1, -0.05) is 16.8 Å². The number of carbonyl (C=O) groups excluding carboxylic acids is 1. The molecule has 1 heterocycles. The lowest BCUT2D eigenvalue weighted by atomic mass is 10.1. The van der Waals surface area contributed by atoms with E-state index in [1.165, 1.54) is 24.4 Å². The van der Waals surface area contributed by atoms with Crippen molar-refractivity contribution in [2.45, 2.75) is 0 Å². The van der Waals surface area contributed by atoms with Crippen LogP contribution in [0, 0.1) is 5.82 Å². The largest absolute Gasteiger partial charge is 0.409 e. The second kappa shape index (κ2) is 6.19. The molecule has 21 heavy (non-hydrogen) atoms. The van der Waals surface area contributed by atoms with Crippen molar-refractivity contribution in [3.8, 4) is 0 Å². The summed E-state index contributed by atoms with van der Waals surface area (Å²) in [6.45, 7) is 0. The first kappa shape index (κ1) is 14.7. The van der Waals surface area contributed by atoms with Crippen molar-refractivity contribution in [3.05, 3.63) is 58.6 Å². The zero-order valence-corrected chi connectivity index (χ0v) is 11.3. The molecule has 0 saturated heterocycles. The van der Waals surface area contributed by atoms with Gasteiger partial charge in [0.05, 0.1) is 22.5 Å². The Labute approximate surface area is 124 Å². The fraction of sp³-hybridized carbons (Fsp3) is 0. The number of nitrogens with two attached hydrogens (primary N) is 1. The summed E-state index contributed by atoms with van der Waals surface area (Å²) in [5, 5.41) is 14.2. The topological polar surface area (TPSA) is 101 Å². The number of benzene rings is 1. The normalized spacial score (nSPS) is 11.2. The lowest BCUT2D eigenvalue weighted by Crippen LogP contribution is -2.16. The van der Waals surface area contributed by atoms with E-state index in [4.69, 9.17) is 22.5 Å². The molecule has 0 aliphatic heterocycles. The molecule has 4 N–H and O–H groups in total. The Bertz CT molecular complexity index is 721. The zero-order chi connectivity index (χ0) is 15.4. The summed E-state index contributed by atoms with van der Waals surface area (Å²) in [4.78, 5) is 15.6. The number of hydrogen-bond acceptors (Lipinski definition) is 4. The van der Waals surface area contributed by atoms with Crippen LogP contribution in [0.25, 0.3) is 0 Å². The predicted octanol–water partition coefficient (Wildman–Crippen LogP) is 2.22. The maximum Gasteiger partial charge on any atom is 0.257 e. The zero-order valence-electron chi connectivity index (χ0n) is 10.5. The van der Waals surface area contributed by atoms with Crippen LogP contribution in [0.3, 0.4) is 0 Å². The smallest absolute Gasteiger partial charge is 0.257 e. The summed E-state index contributed by atoms with van der Waals surface area (Å²) in [5.74, 6) is -1.34. The number of nitrogens with one attached hydrogen (secondary N) is 1. The number of carbonyl (C=O) groups is 1. The first-order chi connectivity index (χ1) is 10.0. The molecule has 108 valence electrons. The fourth-order valence-electron chi connectivity index (χ4n) is 1.57. The van der Waals surface area contributed by atoms with Crippen LogP contribution in [-0.2, 0) is 0 Å². The van der Waals surface area contributed by atoms with Crippen molar-refractivity contribution in [1.82, 2.24) is 4.98 Å². The SMILES string of the molecule is N/C(=N/O)c1ccc(Cl)c(NC(=O)c2cncc(F)c2)c1. The van der Waals surface area contributed by atoms with E-state index in [-0.39, 0.29) is 22.1 Å². The van der Waals surface area contributed by atoms with Crippen molar-refractivity contribution in [3.63, 3.8) is 0 Å². The van der Waals surface area contributed by atoms with Crippen LogP contribution < -0.4 is 11.1 Å². The Kier molecular flexibility index (Phi) is 4.34. The maximum atomic E-state index is 13.0. The molecule has 0 aliphatic rings. The summed E-state index contributed by atoms with van der Waals surface area (Å²) in [6.07, 6.45) is 2.21. The highest BCUT2D eigenvalue weighted by Gasteiger charge is 2.11. The predicted molar refractivity (Wildman–Crippen MR) is 76.1 cm³/mol. The van der Waals surface area contributed by atoms with Gasteiger partial charge in [-0.15, -0.1) is 0 Å². The number of halogens is 2. The Morgan fingerprint density at radius 3 is 2.76 bits per heavy atom. The van der Waals surface area contributed by atoms with Gasteiger partial charge in [0.2, 0.25) is 0 Å². The standard InChI is InChI=1S/C13H10ClFN4O2/c14-10-2-1-7(12(16)19-21)4-11(10)18-13(20)8-3-9(15)6-17-5-8/h1-6,21H,(H2,16,19)(H,18,20). The number of amidine groups is 1. The van der Waals surface area contributed by atoms with Crippen molar-refractivity contribution in [2.24, 2.45) is 10.9 Å². The van der Waals surface area contributed by atoms with Gasteiger partial charge in [0.15, 0.2) is 5.84 Å². The number of oxime groups is 1.